The van der Waals surface area contributed by atoms with Gasteiger partial charge < -0.3 is 5.43 Å². The molecular formula is C5H4Cl2FN3. The third-order valence-electron chi connectivity index (χ3n) is 1.04. The van der Waals surface area contributed by atoms with E-state index >= 15 is 0 Å². The van der Waals surface area contributed by atoms with Gasteiger partial charge in [-0.2, -0.15) is 0 Å². The van der Waals surface area contributed by atoms with Crippen molar-refractivity contribution < 1.29 is 4.39 Å². The number of aromatic nitrogens is 1. The number of rotatable bonds is 1. The van der Waals surface area contributed by atoms with Gasteiger partial charge in [-0.1, -0.05) is 23.2 Å². The van der Waals surface area contributed by atoms with E-state index in [2.05, 4.69) is 10.4 Å². The largest absolute Gasteiger partial charge is 0.321 e. The first-order chi connectivity index (χ1) is 5.15. The van der Waals surface area contributed by atoms with Crippen LogP contribution in [0.2, 0.25) is 10.3 Å². The van der Waals surface area contributed by atoms with Gasteiger partial charge in [-0.3, -0.25) is 5.84 Å². The van der Waals surface area contributed by atoms with Crippen molar-refractivity contribution >= 4 is 28.9 Å². The molecule has 1 rings (SSSR count). The van der Waals surface area contributed by atoms with Crippen LogP contribution in [0.15, 0.2) is 6.07 Å². The van der Waals surface area contributed by atoms with Gasteiger partial charge >= 0.3 is 0 Å². The molecule has 0 bridgehead atoms. The molecule has 0 aliphatic rings. The molecule has 6 heteroatoms. The maximum absolute atomic E-state index is 12.6. The highest BCUT2D eigenvalue weighted by Gasteiger charge is 2.06. The fourth-order valence-corrected chi connectivity index (χ4v) is 0.923. The topological polar surface area (TPSA) is 50.9 Å². The van der Waals surface area contributed by atoms with E-state index in [9.17, 15) is 4.39 Å². The highest BCUT2D eigenvalue weighted by atomic mass is 35.5. The summed E-state index contributed by atoms with van der Waals surface area (Å²) in [5, 5.41) is -0.229. The van der Waals surface area contributed by atoms with E-state index in [-0.39, 0.29) is 16.0 Å². The number of hydrogen-bond acceptors (Lipinski definition) is 3. The average molecular weight is 196 g/mol. The van der Waals surface area contributed by atoms with Crippen LogP contribution in [-0.4, -0.2) is 4.98 Å². The first-order valence-electron chi connectivity index (χ1n) is 2.63. The van der Waals surface area contributed by atoms with Crippen LogP contribution in [-0.2, 0) is 0 Å². The summed E-state index contributed by atoms with van der Waals surface area (Å²) in [5.74, 6) is 4.32. The van der Waals surface area contributed by atoms with E-state index in [4.69, 9.17) is 29.0 Å². The number of nitrogens with zero attached hydrogens (tertiary/aromatic N) is 1. The molecule has 0 fully saturated rings. The summed E-state index contributed by atoms with van der Waals surface area (Å²) in [6, 6.07) is 1.07. The highest BCUT2D eigenvalue weighted by Crippen LogP contribution is 2.23. The highest BCUT2D eigenvalue weighted by molar-refractivity contribution is 6.34. The Bertz CT molecular complexity index is 279. The molecule has 0 saturated heterocycles. The lowest BCUT2D eigenvalue weighted by molar-refractivity contribution is 0.622. The van der Waals surface area contributed by atoms with E-state index in [0.29, 0.717) is 0 Å². The van der Waals surface area contributed by atoms with E-state index in [1.807, 2.05) is 0 Å². The molecule has 0 saturated carbocycles. The van der Waals surface area contributed by atoms with Crippen LogP contribution in [0, 0.1) is 5.82 Å². The Labute approximate surface area is 72.3 Å². The first-order valence-corrected chi connectivity index (χ1v) is 3.39. The fourth-order valence-electron chi connectivity index (χ4n) is 0.547. The fraction of sp³-hybridized carbons (Fsp3) is 0. The molecule has 0 unspecified atom stereocenters. The molecule has 0 atom stereocenters. The molecular weight excluding hydrogens is 192 g/mol. The van der Waals surface area contributed by atoms with Gasteiger partial charge in [0, 0.05) is 6.07 Å². The summed E-state index contributed by atoms with van der Waals surface area (Å²) >= 11 is 10.8. The first kappa shape index (κ1) is 8.52. The molecule has 11 heavy (non-hydrogen) atoms. The third kappa shape index (κ3) is 1.71. The number of pyridine rings is 1. The number of anilines is 1. The lowest BCUT2D eigenvalue weighted by Crippen LogP contribution is -2.08. The summed E-state index contributed by atoms with van der Waals surface area (Å²) in [6.45, 7) is 0. The van der Waals surface area contributed by atoms with Crippen molar-refractivity contribution in [1.82, 2.24) is 4.98 Å². The second kappa shape index (κ2) is 3.21. The van der Waals surface area contributed by atoms with Gasteiger partial charge in [0.1, 0.15) is 0 Å². The van der Waals surface area contributed by atoms with Crippen LogP contribution >= 0.6 is 23.2 Å². The van der Waals surface area contributed by atoms with E-state index < -0.39 is 5.82 Å². The van der Waals surface area contributed by atoms with Crippen molar-refractivity contribution in [3.05, 3.63) is 22.2 Å². The maximum Gasteiger partial charge on any atom is 0.166 e. The minimum atomic E-state index is -0.663. The summed E-state index contributed by atoms with van der Waals surface area (Å²) in [7, 11) is 0. The lowest BCUT2D eigenvalue weighted by Gasteiger charge is -2.01. The quantitative estimate of drug-likeness (QED) is 0.409. The van der Waals surface area contributed by atoms with Crippen LogP contribution in [0.3, 0.4) is 0 Å². The van der Waals surface area contributed by atoms with Gasteiger partial charge in [-0.25, -0.2) is 9.37 Å². The van der Waals surface area contributed by atoms with Crippen molar-refractivity contribution in [2.24, 2.45) is 5.84 Å². The van der Waals surface area contributed by atoms with Gasteiger partial charge in [-0.05, 0) is 0 Å². The van der Waals surface area contributed by atoms with E-state index in [1.165, 1.54) is 0 Å². The maximum atomic E-state index is 12.6. The summed E-state index contributed by atoms with van der Waals surface area (Å²) in [4.78, 5) is 3.46. The summed E-state index contributed by atoms with van der Waals surface area (Å²) in [6.07, 6.45) is 0. The Balaban J connectivity index is 3.21. The van der Waals surface area contributed by atoms with E-state index in [1.54, 1.807) is 0 Å². The van der Waals surface area contributed by atoms with Gasteiger partial charge in [0.2, 0.25) is 0 Å². The molecule has 0 amide bonds. The average Bonchev–Trinajstić information content (AvgIpc) is 1.97. The summed E-state index contributed by atoms with van der Waals surface area (Å²) < 4.78 is 12.6. The summed E-state index contributed by atoms with van der Waals surface area (Å²) in [5.41, 5.74) is 2.37. The molecule has 3 nitrogen and oxygen atoms in total. The minimum Gasteiger partial charge on any atom is -0.321 e. The van der Waals surface area contributed by atoms with Crippen molar-refractivity contribution in [2.45, 2.75) is 0 Å². The molecule has 60 valence electrons. The third-order valence-corrected chi connectivity index (χ3v) is 1.60. The number of halogens is 3. The Hall–Kier alpha value is -0.580. The second-order valence-corrected chi connectivity index (χ2v) is 2.46. The zero-order valence-corrected chi connectivity index (χ0v) is 6.75. The van der Waals surface area contributed by atoms with Crippen LogP contribution in [0.1, 0.15) is 0 Å². The number of hydrazine groups is 1. The SMILES string of the molecule is NNc1cc(F)c(Cl)nc1Cl. The molecule has 1 heterocycles. The van der Waals surface area contributed by atoms with Gasteiger partial charge in [0.05, 0.1) is 5.69 Å². The number of hydrogen-bond donors (Lipinski definition) is 2. The van der Waals surface area contributed by atoms with Crippen molar-refractivity contribution in [1.29, 1.82) is 0 Å². The zero-order chi connectivity index (χ0) is 8.43. The molecule has 1 aromatic rings. The minimum absolute atomic E-state index is 0.0406. The molecule has 1 aromatic heterocycles. The predicted molar refractivity (Wildman–Crippen MR) is 42.0 cm³/mol. The van der Waals surface area contributed by atoms with Crippen LogP contribution in [0.25, 0.3) is 0 Å². The molecule has 0 radical (unpaired) electrons. The number of nitrogens with two attached hydrogens (primary N) is 1. The second-order valence-electron chi connectivity index (χ2n) is 1.74. The Morgan fingerprint density at radius 2 is 2.09 bits per heavy atom. The molecule has 0 aliphatic carbocycles. The number of nitrogen functional groups attached to an aromatic ring is 1. The van der Waals surface area contributed by atoms with Gasteiger partial charge in [0.25, 0.3) is 0 Å². The molecule has 0 spiro atoms. The Morgan fingerprint density at radius 1 is 1.45 bits per heavy atom. The monoisotopic (exact) mass is 195 g/mol. The lowest BCUT2D eigenvalue weighted by atomic mass is 10.4. The normalized spacial score (nSPS) is 9.82. The van der Waals surface area contributed by atoms with Crippen LogP contribution < -0.4 is 11.3 Å². The van der Waals surface area contributed by atoms with Gasteiger partial charge in [0.15, 0.2) is 16.1 Å². The molecule has 0 aromatic carbocycles. The van der Waals surface area contributed by atoms with E-state index in [0.717, 1.165) is 6.07 Å². The standard InChI is InChI=1S/C5H4Cl2FN3/c6-4-2(8)1-3(11-9)5(7)10-4/h1,11H,9H2. The zero-order valence-electron chi connectivity index (χ0n) is 5.24. The van der Waals surface area contributed by atoms with Gasteiger partial charge in [-0.15, -0.1) is 0 Å². The smallest absolute Gasteiger partial charge is 0.166 e. The van der Waals surface area contributed by atoms with Crippen molar-refractivity contribution in [2.75, 3.05) is 5.43 Å². The Morgan fingerprint density at radius 3 is 2.64 bits per heavy atom. The van der Waals surface area contributed by atoms with Crippen LogP contribution in [0.5, 0.6) is 0 Å². The molecule has 0 aliphatic heterocycles. The number of nitrogens with one attached hydrogen (secondary N) is 1. The Kier molecular flexibility index (Phi) is 2.49. The predicted octanol–water partition coefficient (Wildman–Crippen LogP) is 1.81. The van der Waals surface area contributed by atoms with Crippen molar-refractivity contribution in [3.63, 3.8) is 0 Å². The molecule has 3 N–H and O–H groups in total. The van der Waals surface area contributed by atoms with Crippen LogP contribution in [0.4, 0.5) is 10.1 Å². The van der Waals surface area contributed by atoms with Crippen molar-refractivity contribution in [3.8, 4) is 0 Å².